The molecular weight excluding hydrogens is 438 g/mol. The lowest BCUT2D eigenvalue weighted by Gasteiger charge is -2.12. The molecule has 1 N–H and O–H groups in total. The van der Waals surface area contributed by atoms with Gasteiger partial charge in [0.2, 0.25) is 0 Å². The van der Waals surface area contributed by atoms with Crippen molar-refractivity contribution in [2.24, 2.45) is 0 Å². The molecule has 0 bridgehead atoms. The molecular formula is C29H33N3O3. The van der Waals surface area contributed by atoms with E-state index in [1.165, 1.54) is 11.1 Å². The minimum Gasteiger partial charge on any atom is -0.497 e. The second-order valence-electron chi connectivity index (χ2n) is 8.66. The zero-order chi connectivity index (χ0) is 24.6. The summed E-state index contributed by atoms with van der Waals surface area (Å²) in [4.78, 5) is 17.4. The van der Waals surface area contributed by atoms with E-state index in [4.69, 9.17) is 14.5 Å². The van der Waals surface area contributed by atoms with Crippen molar-refractivity contribution in [1.29, 1.82) is 0 Å². The molecule has 3 aromatic carbocycles. The summed E-state index contributed by atoms with van der Waals surface area (Å²) < 4.78 is 13.5. The molecule has 0 atom stereocenters. The van der Waals surface area contributed by atoms with Crippen LogP contribution in [0.5, 0.6) is 11.5 Å². The van der Waals surface area contributed by atoms with Gasteiger partial charge in [0.15, 0.2) is 0 Å². The van der Waals surface area contributed by atoms with Crippen molar-refractivity contribution in [2.75, 3.05) is 20.3 Å². The molecule has 4 aromatic rings. The first-order chi connectivity index (χ1) is 17.1. The van der Waals surface area contributed by atoms with Crippen LogP contribution in [0.25, 0.3) is 11.0 Å². The first kappa shape index (κ1) is 24.3. The van der Waals surface area contributed by atoms with Crippen LogP contribution >= 0.6 is 0 Å². The zero-order valence-electron chi connectivity index (χ0n) is 20.7. The molecule has 1 amide bonds. The van der Waals surface area contributed by atoms with E-state index in [1.54, 1.807) is 19.2 Å². The van der Waals surface area contributed by atoms with E-state index in [9.17, 15) is 4.79 Å². The summed E-state index contributed by atoms with van der Waals surface area (Å²) in [5.41, 5.74) is 5.13. The number of para-hydroxylation sites is 2. The highest BCUT2D eigenvalue weighted by atomic mass is 16.5. The summed E-state index contributed by atoms with van der Waals surface area (Å²) in [6.45, 7) is 6.25. The molecule has 0 unspecified atom stereocenters. The number of methoxy groups -OCH3 is 1. The van der Waals surface area contributed by atoms with Gasteiger partial charge in [-0.15, -0.1) is 0 Å². The van der Waals surface area contributed by atoms with E-state index < -0.39 is 0 Å². The second-order valence-corrected chi connectivity index (χ2v) is 8.66. The van der Waals surface area contributed by atoms with Crippen molar-refractivity contribution in [3.8, 4) is 11.5 Å². The summed E-state index contributed by atoms with van der Waals surface area (Å²) in [7, 11) is 1.59. The summed E-state index contributed by atoms with van der Waals surface area (Å²) in [5, 5.41) is 3.01. The Balaban J connectivity index is 1.34. The molecule has 0 spiro atoms. The van der Waals surface area contributed by atoms with Gasteiger partial charge in [-0.3, -0.25) is 4.79 Å². The van der Waals surface area contributed by atoms with E-state index in [0.717, 1.165) is 42.0 Å². The smallest absolute Gasteiger partial charge is 0.251 e. The van der Waals surface area contributed by atoms with Crippen LogP contribution in [0.15, 0.2) is 66.7 Å². The average molecular weight is 472 g/mol. The maximum Gasteiger partial charge on any atom is 0.251 e. The van der Waals surface area contributed by atoms with Gasteiger partial charge in [-0.25, -0.2) is 4.98 Å². The van der Waals surface area contributed by atoms with Crippen molar-refractivity contribution >= 4 is 16.9 Å². The number of carbonyl (C=O) groups is 1. The van der Waals surface area contributed by atoms with E-state index in [2.05, 4.69) is 35.9 Å². The van der Waals surface area contributed by atoms with Crippen LogP contribution in [0.2, 0.25) is 0 Å². The van der Waals surface area contributed by atoms with Gasteiger partial charge in [0.1, 0.15) is 17.3 Å². The van der Waals surface area contributed by atoms with Crippen molar-refractivity contribution in [1.82, 2.24) is 14.9 Å². The van der Waals surface area contributed by atoms with Crippen molar-refractivity contribution in [3.63, 3.8) is 0 Å². The highest BCUT2D eigenvalue weighted by Crippen LogP contribution is 2.21. The fourth-order valence-electron chi connectivity index (χ4n) is 4.15. The van der Waals surface area contributed by atoms with Crippen LogP contribution < -0.4 is 14.8 Å². The normalized spacial score (nSPS) is 10.9. The highest BCUT2D eigenvalue weighted by Gasteiger charge is 2.12. The van der Waals surface area contributed by atoms with Crippen LogP contribution in [0.4, 0.5) is 0 Å². The number of aryl methyl sites for hydroxylation is 2. The molecule has 0 saturated heterocycles. The van der Waals surface area contributed by atoms with Crippen molar-refractivity contribution in [2.45, 2.75) is 39.7 Å². The molecule has 0 saturated carbocycles. The summed E-state index contributed by atoms with van der Waals surface area (Å²) in [6, 6.07) is 21.5. The number of carbonyl (C=O) groups excluding carboxylic acids is 1. The number of benzene rings is 3. The zero-order valence-corrected chi connectivity index (χ0v) is 20.7. The number of hydrogen-bond donors (Lipinski definition) is 1. The van der Waals surface area contributed by atoms with Gasteiger partial charge >= 0.3 is 0 Å². The first-order valence-electron chi connectivity index (χ1n) is 12.1. The number of ether oxygens (including phenoxy) is 2. The van der Waals surface area contributed by atoms with Crippen LogP contribution in [-0.2, 0) is 13.0 Å². The predicted molar refractivity (Wildman–Crippen MR) is 139 cm³/mol. The van der Waals surface area contributed by atoms with Crippen LogP contribution in [-0.4, -0.2) is 35.7 Å². The lowest BCUT2D eigenvalue weighted by molar-refractivity contribution is 0.0953. The number of fused-ring (bicyclic) bond motifs is 1. The fraction of sp³-hybridized carbons (Fsp3) is 0.310. The molecule has 0 aliphatic heterocycles. The number of aromatic nitrogens is 2. The van der Waals surface area contributed by atoms with E-state index in [-0.39, 0.29) is 5.91 Å². The lowest BCUT2D eigenvalue weighted by atomic mass is 10.1. The molecule has 182 valence electrons. The third-order valence-electron chi connectivity index (χ3n) is 6.29. The highest BCUT2D eigenvalue weighted by molar-refractivity contribution is 5.94. The maximum absolute atomic E-state index is 12.6. The van der Waals surface area contributed by atoms with E-state index >= 15 is 0 Å². The Bertz CT molecular complexity index is 1300. The SMILES string of the molecule is COc1cccc(C(=O)NCCc2nc3ccccc3n2CCCCOc2cccc(C)c2C)c1. The summed E-state index contributed by atoms with van der Waals surface area (Å²) in [5.74, 6) is 2.49. The average Bonchev–Trinajstić information content (AvgIpc) is 3.23. The van der Waals surface area contributed by atoms with Crippen LogP contribution in [0, 0.1) is 13.8 Å². The van der Waals surface area contributed by atoms with Crippen molar-refractivity contribution in [3.05, 3.63) is 89.2 Å². The number of imidazole rings is 1. The monoisotopic (exact) mass is 471 g/mol. The minimum atomic E-state index is -0.116. The number of unbranched alkanes of at least 4 members (excludes halogenated alkanes) is 1. The Hall–Kier alpha value is -3.80. The van der Waals surface area contributed by atoms with E-state index in [1.807, 2.05) is 42.5 Å². The summed E-state index contributed by atoms with van der Waals surface area (Å²) >= 11 is 0. The molecule has 0 radical (unpaired) electrons. The molecule has 1 heterocycles. The molecule has 0 aliphatic rings. The van der Waals surface area contributed by atoms with E-state index in [0.29, 0.717) is 30.9 Å². The van der Waals surface area contributed by atoms with Gasteiger partial charge in [-0.05, 0) is 74.2 Å². The van der Waals surface area contributed by atoms with Gasteiger partial charge in [0, 0.05) is 25.1 Å². The molecule has 0 fully saturated rings. The number of nitrogens with one attached hydrogen (secondary N) is 1. The Morgan fingerprint density at radius 2 is 1.83 bits per heavy atom. The topological polar surface area (TPSA) is 65.4 Å². The molecule has 6 nitrogen and oxygen atoms in total. The Labute approximate surface area is 206 Å². The molecule has 6 heteroatoms. The van der Waals surface area contributed by atoms with Crippen LogP contribution in [0.3, 0.4) is 0 Å². The number of amides is 1. The number of hydrogen-bond acceptors (Lipinski definition) is 4. The summed E-state index contributed by atoms with van der Waals surface area (Å²) in [6.07, 6.45) is 2.59. The maximum atomic E-state index is 12.6. The Morgan fingerprint density at radius 3 is 2.69 bits per heavy atom. The number of nitrogens with zero attached hydrogens (tertiary/aromatic N) is 2. The number of rotatable bonds is 11. The van der Waals surface area contributed by atoms with Gasteiger partial charge in [-0.2, -0.15) is 0 Å². The van der Waals surface area contributed by atoms with Crippen LogP contribution in [0.1, 0.15) is 40.2 Å². The quantitative estimate of drug-likeness (QED) is 0.294. The third-order valence-corrected chi connectivity index (χ3v) is 6.29. The largest absolute Gasteiger partial charge is 0.497 e. The second kappa shape index (κ2) is 11.6. The van der Waals surface area contributed by atoms with Gasteiger partial charge < -0.3 is 19.4 Å². The Morgan fingerprint density at radius 1 is 1.00 bits per heavy atom. The molecule has 4 rings (SSSR count). The predicted octanol–water partition coefficient (Wildman–Crippen LogP) is 5.49. The van der Waals surface area contributed by atoms with Crippen molar-refractivity contribution < 1.29 is 14.3 Å². The van der Waals surface area contributed by atoms with Gasteiger partial charge in [-0.1, -0.05) is 30.3 Å². The minimum absolute atomic E-state index is 0.116. The third kappa shape index (κ3) is 6.01. The molecule has 1 aromatic heterocycles. The standard InChI is InChI=1S/C29H33N3O3/c1-21-10-8-15-27(22(21)2)35-19-7-6-18-32-26-14-5-4-13-25(26)31-28(32)16-17-30-29(33)23-11-9-12-24(20-23)34-3/h4-5,8-15,20H,6-7,16-19H2,1-3H3,(H,30,33). The Kier molecular flexibility index (Phi) is 8.03. The lowest BCUT2D eigenvalue weighted by Crippen LogP contribution is -2.26. The first-order valence-corrected chi connectivity index (χ1v) is 12.1. The molecule has 0 aliphatic carbocycles. The van der Waals surface area contributed by atoms with Gasteiger partial charge in [0.05, 0.1) is 24.8 Å². The molecule has 35 heavy (non-hydrogen) atoms. The fourth-order valence-corrected chi connectivity index (χ4v) is 4.15. The van der Waals surface area contributed by atoms with Gasteiger partial charge in [0.25, 0.3) is 5.91 Å².